The number of hydrogen-bond acceptors (Lipinski definition) is 4. The lowest BCUT2D eigenvalue weighted by Crippen LogP contribution is -2.49. The molecule has 2 atom stereocenters. The second kappa shape index (κ2) is 7.78. The number of benzene rings is 1. The summed E-state index contributed by atoms with van der Waals surface area (Å²) in [6.07, 6.45) is 7.64. The van der Waals surface area contributed by atoms with Gasteiger partial charge in [-0.25, -0.2) is 0 Å². The first-order valence-electron chi connectivity index (χ1n) is 10.4. The number of likely N-dealkylation sites (N-methyl/N-ethyl adjacent to an activating group) is 1. The second-order valence-electron chi connectivity index (χ2n) is 8.37. The summed E-state index contributed by atoms with van der Waals surface area (Å²) in [6.45, 7) is 6.23. The van der Waals surface area contributed by atoms with Crippen LogP contribution in [0.5, 0.6) is 0 Å². The molecule has 27 heavy (non-hydrogen) atoms. The molecule has 1 saturated heterocycles. The minimum Gasteiger partial charge on any atom is -0.472 e. The van der Waals surface area contributed by atoms with Crippen LogP contribution in [-0.2, 0) is 12.0 Å². The summed E-state index contributed by atoms with van der Waals surface area (Å²) in [5.41, 5.74) is 3.85. The highest BCUT2D eigenvalue weighted by atomic mass is 16.3. The molecule has 1 N–H and O–H groups in total. The van der Waals surface area contributed by atoms with Gasteiger partial charge in [0, 0.05) is 17.5 Å². The third-order valence-electron chi connectivity index (χ3n) is 6.75. The number of hydrogen-bond donors (Lipinski definition) is 1. The van der Waals surface area contributed by atoms with Crippen molar-refractivity contribution in [3.05, 3.63) is 59.5 Å². The lowest BCUT2D eigenvalue weighted by Gasteiger charge is -2.43. The number of likely N-dealkylation sites (tertiary alicyclic amines) is 1. The van der Waals surface area contributed by atoms with E-state index in [2.05, 4.69) is 48.0 Å². The van der Waals surface area contributed by atoms with E-state index < -0.39 is 0 Å². The van der Waals surface area contributed by atoms with Crippen LogP contribution in [0, 0.1) is 0 Å². The summed E-state index contributed by atoms with van der Waals surface area (Å²) in [7, 11) is 2.17. The number of furan rings is 1. The first-order chi connectivity index (χ1) is 13.2. The van der Waals surface area contributed by atoms with E-state index >= 15 is 0 Å². The van der Waals surface area contributed by atoms with Crippen molar-refractivity contribution in [1.82, 2.24) is 9.80 Å². The Balaban J connectivity index is 1.54. The molecule has 0 unspecified atom stereocenters. The van der Waals surface area contributed by atoms with E-state index in [1.165, 1.54) is 29.5 Å². The van der Waals surface area contributed by atoms with Crippen LogP contribution in [-0.4, -0.2) is 47.7 Å². The van der Waals surface area contributed by atoms with Gasteiger partial charge >= 0.3 is 0 Å². The van der Waals surface area contributed by atoms with E-state index in [1.54, 1.807) is 6.26 Å². The monoisotopic (exact) mass is 368 g/mol. The summed E-state index contributed by atoms with van der Waals surface area (Å²) in [4.78, 5) is 4.86. The lowest BCUT2D eigenvalue weighted by atomic mass is 9.72. The minimum atomic E-state index is -0.326. The van der Waals surface area contributed by atoms with Crippen molar-refractivity contribution < 1.29 is 9.52 Å². The standard InChI is InChI=1S/C23H32N2O2/c1-3-4-12-24(2)21-19-7-5-6-8-20(19)23(22(21)26)10-13-25(14-11-23)16-18-9-15-27-17-18/h5-9,15,17,21-22,26H,3-4,10-14,16H2,1-2H3/t21-,22+/m1/s1. The lowest BCUT2D eigenvalue weighted by molar-refractivity contribution is -0.00998. The van der Waals surface area contributed by atoms with Gasteiger partial charge in [0.15, 0.2) is 0 Å². The normalized spacial score (nSPS) is 24.6. The summed E-state index contributed by atoms with van der Waals surface area (Å²) in [6, 6.07) is 10.9. The highest BCUT2D eigenvalue weighted by molar-refractivity contribution is 5.45. The van der Waals surface area contributed by atoms with Crippen LogP contribution in [0.1, 0.15) is 55.3 Å². The predicted molar refractivity (Wildman–Crippen MR) is 108 cm³/mol. The number of unbranched alkanes of at least 4 members (excludes halogenated alkanes) is 1. The van der Waals surface area contributed by atoms with E-state index in [0.29, 0.717) is 0 Å². The quantitative estimate of drug-likeness (QED) is 0.838. The first-order valence-corrected chi connectivity index (χ1v) is 10.4. The average Bonchev–Trinajstić information content (AvgIpc) is 3.28. The maximum absolute atomic E-state index is 11.5. The minimum absolute atomic E-state index is 0.103. The molecule has 0 radical (unpaired) electrons. The third kappa shape index (κ3) is 3.35. The molecule has 0 amide bonds. The van der Waals surface area contributed by atoms with Crippen molar-refractivity contribution in [1.29, 1.82) is 0 Å². The number of rotatable bonds is 6. The van der Waals surface area contributed by atoms with Crippen LogP contribution in [0.25, 0.3) is 0 Å². The predicted octanol–water partition coefficient (Wildman–Crippen LogP) is 3.96. The summed E-state index contributed by atoms with van der Waals surface area (Å²) < 4.78 is 5.21. The van der Waals surface area contributed by atoms with Crippen LogP contribution in [0.15, 0.2) is 47.3 Å². The van der Waals surface area contributed by atoms with E-state index in [9.17, 15) is 5.11 Å². The topological polar surface area (TPSA) is 39.9 Å². The van der Waals surface area contributed by atoms with Gasteiger partial charge in [0.2, 0.25) is 0 Å². The molecule has 4 heteroatoms. The van der Waals surface area contributed by atoms with Crippen molar-refractivity contribution in [3.8, 4) is 0 Å². The fraction of sp³-hybridized carbons (Fsp3) is 0.565. The Morgan fingerprint density at radius 2 is 2.00 bits per heavy atom. The van der Waals surface area contributed by atoms with Gasteiger partial charge in [-0.05, 0) is 63.1 Å². The van der Waals surface area contributed by atoms with Crippen LogP contribution in [0.4, 0.5) is 0 Å². The van der Waals surface area contributed by atoms with Crippen LogP contribution in [0.2, 0.25) is 0 Å². The summed E-state index contributed by atoms with van der Waals surface area (Å²) in [5, 5.41) is 11.5. The number of nitrogens with zero attached hydrogens (tertiary/aromatic N) is 2. The van der Waals surface area contributed by atoms with E-state index in [-0.39, 0.29) is 17.6 Å². The highest BCUT2D eigenvalue weighted by Crippen LogP contribution is 2.52. The highest BCUT2D eigenvalue weighted by Gasteiger charge is 2.53. The number of fused-ring (bicyclic) bond motifs is 2. The molecule has 146 valence electrons. The van der Waals surface area contributed by atoms with Crippen molar-refractivity contribution in [3.63, 3.8) is 0 Å². The maximum atomic E-state index is 11.5. The zero-order valence-corrected chi connectivity index (χ0v) is 16.6. The van der Waals surface area contributed by atoms with Gasteiger partial charge in [0.25, 0.3) is 0 Å². The van der Waals surface area contributed by atoms with Gasteiger partial charge in [-0.3, -0.25) is 9.80 Å². The van der Waals surface area contributed by atoms with Crippen LogP contribution in [0.3, 0.4) is 0 Å². The van der Waals surface area contributed by atoms with E-state index in [0.717, 1.165) is 39.0 Å². The Labute approximate surface area is 162 Å². The molecule has 0 bridgehead atoms. The Morgan fingerprint density at radius 1 is 1.22 bits per heavy atom. The molecule has 0 saturated carbocycles. The zero-order chi connectivity index (χ0) is 18.9. The molecule has 4 rings (SSSR count). The fourth-order valence-electron chi connectivity index (χ4n) is 5.18. The SMILES string of the molecule is CCCCN(C)[C@@H]1c2ccccc2C2(CCN(Cc3ccoc3)CC2)[C@H]1O. The fourth-order valence-corrected chi connectivity index (χ4v) is 5.18. The van der Waals surface area contributed by atoms with Crippen molar-refractivity contribution in [2.75, 3.05) is 26.7 Å². The van der Waals surface area contributed by atoms with Gasteiger partial charge in [-0.2, -0.15) is 0 Å². The largest absolute Gasteiger partial charge is 0.472 e. The van der Waals surface area contributed by atoms with Crippen molar-refractivity contribution >= 4 is 0 Å². The van der Waals surface area contributed by atoms with E-state index in [4.69, 9.17) is 4.42 Å². The molecule has 2 aromatic rings. The Morgan fingerprint density at radius 3 is 2.70 bits per heavy atom. The van der Waals surface area contributed by atoms with Crippen LogP contribution >= 0.6 is 0 Å². The number of aliphatic hydroxyl groups is 1. The summed E-state index contributed by atoms with van der Waals surface area (Å²) >= 11 is 0. The summed E-state index contributed by atoms with van der Waals surface area (Å²) in [5.74, 6) is 0. The molecule has 1 aliphatic carbocycles. The van der Waals surface area contributed by atoms with Gasteiger partial charge in [-0.15, -0.1) is 0 Å². The third-order valence-corrected chi connectivity index (χ3v) is 6.75. The van der Waals surface area contributed by atoms with Crippen molar-refractivity contribution in [2.24, 2.45) is 0 Å². The molecule has 4 nitrogen and oxygen atoms in total. The number of aliphatic hydroxyl groups excluding tert-OH is 1. The van der Waals surface area contributed by atoms with Gasteiger partial charge in [-0.1, -0.05) is 37.6 Å². The first kappa shape index (κ1) is 18.7. The number of piperidine rings is 1. The smallest absolute Gasteiger partial charge is 0.0947 e. The molecule has 1 aromatic carbocycles. The van der Waals surface area contributed by atoms with Gasteiger partial charge in [0.05, 0.1) is 24.7 Å². The molecule has 1 aromatic heterocycles. The molecule has 1 spiro atoms. The van der Waals surface area contributed by atoms with Gasteiger partial charge < -0.3 is 9.52 Å². The Kier molecular flexibility index (Phi) is 5.40. The van der Waals surface area contributed by atoms with Crippen LogP contribution < -0.4 is 0 Å². The van der Waals surface area contributed by atoms with E-state index in [1.807, 2.05) is 12.3 Å². The molecule has 2 aliphatic rings. The van der Waals surface area contributed by atoms with Gasteiger partial charge in [0.1, 0.15) is 0 Å². The average molecular weight is 369 g/mol. The maximum Gasteiger partial charge on any atom is 0.0947 e. The Bertz CT molecular complexity index is 735. The second-order valence-corrected chi connectivity index (χ2v) is 8.37. The molecule has 1 fully saturated rings. The molecule has 2 heterocycles. The molecular formula is C23H32N2O2. The molecular weight excluding hydrogens is 336 g/mol. The Hall–Kier alpha value is -1.62. The molecule has 1 aliphatic heterocycles. The zero-order valence-electron chi connectivity index (χ0n) is 16.6. The van der Waals surface area contributed by atoms with Crippen molar-refractivity contribution in [2.45, 2.75) is 56.7 Å².